The van der Waals surface area contributed by atoms with E-state index in [-0.39, 0.29) is 10.8 Å². The van der Waals surface area contributed by atoms with E-state index in [2.05, 4.69) is 5.32 Å². The second-order valence-electron chi connectivity index (χ2n) is 4.98. The largest absolute Gasteiger partial charge is 0.497 e. The number of methoxy groups -OCH3 is 1. The van der Waals surface area contributed by atoms with Gasteiger partial charge in [-0.1, -0.05) is 11.3 Å². The summed E-state index contributed by atoms with van der Waals surface area (Å²) in [6, 6.07) is 12.4. The molecule has 6 heteroatoms. The Morgan fingerprint density at radius 3 is 2.61 bits per heavy atom. The highest BCUT2D eigenvalue weighted by Gasteiger charge is 2.10. The van der Waals surface area contributed by atoms with E-state index < -0.39 is 0 Å². The third-order valence-electron chi connectivity index (χ3n) is 3.59. The van der Waals surface area contributed by atoms with Gasteiger partial charge in [-0.15, -0.1) is 0 Å². The molecule has 0 saturated heterocycles. The molecule has 1 N–H and O–H groups in total. The van der Waals surface area contributed by atoms with Crippen LogP contribution < -0.4 is 14.9 Å². The number of benzene rings is 2. The molecule has 0 saturated carbocycles. The van der Waals surface area contributed by atoms with Gasteiger partial charge in [-0.05, 0) is 49.4 Å². The summed E-state index contributed by atoms with van der Waals surface area (Å²) in [5, 5.41) is 2.85. The number of carbonyl (C=O) groups excluding carboxylic acids is 1. The number of aromatic nitrogens is 1. The predicted molar refractivity (Wildman–Crippen MR) is 92.7 cm³/mol. The molecule has 3 aromatic rings. The van der Waals surface area contributed by atoms with Crippen molar-refractivity contribution >= 4 is 33.1 Å². The van der Waals surface area contributed by atoms with Crippen LogP contribution in [0, 0.1) is 0 Å². The number of carbonyl (C=O) groups is 1. The molecule has 0 aliphatic rings. The summed E-state index contributed by atoms with van der Waals surface area (Å²) in [6.07, 6.45) is 0. The van der Waals surface area contributed by atoms with E-state index in [1.165, 1.54) is 11.3 Å². The first-order valence-electron chi connectivity index (χ1n) is 7.21. The van der Waals surface area contributed by atoms with E-state index in [1.54, 1.807) is 35.9 Å². The zero-order valence-corrected chi connectivity index (χ0v) is 13.6. The van der Waals surface area contributed by atoms with Crippen molar-refractivity contribution in [1.29, 1.82) is 0 Å². The molecule has 2 aromatic carbocycles. The van der Waals surface area contributed by atoms with Crippen LogP contribution in [-0.4, -0.2) is 17.6 Å². The standard InChI is InChI=1S/C17H16N2O3S/c1-3-19-14-9-6-12(10-15(14)23-17(19)21)18-16(20)11-4-7-13(22-2)8-5-11/h4-10H,3H2,1-2H3,(H,18,20). The normalized spacial score (nSPS) is 10.7. The average molecular weight is 328 g/mol. The smallest absolute Gasteiger partial charge is 0.308 e. The molecule has 0 spiro atoms. The molecule has 1 amide bonds. The Kier molecular flexibility index (Phi) is 4.16. The highest BCUT2D eigenvalue weighted by atomic mass is 32.1. The van der Waals surface area contributed by atoms with Gasteiger partial charge >= 0.3 is 4.87 Å². The first-order chi connectivity index (χ1) is 11.1. The molecule has 0 radical (unpaired) electrons. The molecular weight excluding hydrogens is 312 g/mol. The predicted octanol–water partition coefficient (Wildman–Crippen LogP) is 3.34. The van der Waals surface area contributed by atoms with Gasteiger partial charge < -0.3 is 10.1 Å². The van der Waals surface area contributed by atoms with Crippen molar-refractivity contribution in [3.63, 3.8) is 0 Å². The highest BCUT2D eigenvalue weighted by Crippen LogP contribution is 2.22. The van der Waals surface area contributed by atoms with Crippen LogP contribution >= 0.6 is 11.3 Å². The van der Waals surface area contributed by atoms with E-state index in [0.29, 0.717) is 23.5 Å². The lowest BCUT2D eigenvalue weighted by molar-refractivity contribution is 0.102. The van der Waals surface area contributed by atoms with Gasteiger partial charge in [0.05, 0.1) is 17.3 Å². The van der Waals surface area contributed by atoms with E-state index in [0.717, 1.165) is 10.2 Å². The van der Waals surface area contributed by atoms with Crippen molar-refractivity contribution < 1.29 is 9.53 Å². The number of amides is 1. The average Bonchev–Trinajstić information content (AvgIpc) is 2.89. The fraction of sp³-hybridized carbons (Fsp3) is 0.176. The minimum Gasteiger partial charge on any atom is -0.497 e. The molecule has 1 heterocycles. The maximum absolute atomic E-state index is 12.3. The second kappa shape index (κ2) is 6.26. The van der Waals surface area contributed by atoms with Gasteiger partial charge in [0.25, 0.3) is 5.91 Å². The van der Waals surface area contributed by atoms with Crippen LogP contribution in [0.1, 0.15) is 17.3 Å². The van der Waals surface area contributed by atoms with Crippen LogP contribution in [-0.2, 0) is 6.54 Å². The van der Waals surface area contributed by atoms with Crippen LogP contribution in [0.2, 0.25) is 0 Å². The monoisotopic (exact) mass is 328 g/mol. The van der Waals surface area contributed by atoms with Crippen LogP contribution in [0.3, 0.4) is 0 Å². The van der Waals surface area contributed by atoms with Gasteiger partial charge in [-0.3, -0.25) is 14.2 Å². The molecule has 5 nitrogen and oxygen atoms in total. The Labute approximate surface area is 137 Å². The Morgan fingerprint density at radius 1 is 1.22 bits per heavy atom. The number of hydrogen-bond donors (Lipinski definition) is 1. The number of thiazole rings is 1. The lowest BCUT2D eigenvalue weighted by Gasteiger charge is -2.07. The SMILES string of the molecule is CCn1c(=O)sc2cc(NC(=O)c3ccc(OC)cc3)ccc21. The van der Waals surface area contributed by atoms with Crippen molar-refractivity contribution in [2.45, 2.75) is 13.5 Å². The van der Waals surface area contributed by atoms with Crippen molar-refractivity contribution in [2.75, 3.05) is 12.4 Å². The zero-order chi connectivity index (χ0) is 16.4. The Hall–Kier alpha value is -2.60. The zero-order valence-electron chi connectivity index (χ0n) is 12.8. The number of ether oxygens (including phenoxy) is 1. The molecule has 0 aliphatic heterocycles. The quantitative estimate of drug-likeness (QED) is 0.799. The highest BCUT2D eigenvalue weighted by molar-refractivity contribution is 7.16. The first kappa shape index (κ1) is 15.3. The lowest BCUT2D eigenvalue weighted by Crippen LogP contribution is -2.12. The van der Waals surface area contributed by atoms with E-state index >= 15 is 0 Å². The van der Waals surface area contributed by atoms with Crippen molar-refractivity contribution in [1.82, 2.24) is 4.57 Å². The molecule has 3 rings (SSSR count). The molecule has 0 unspecified atom stereocenters. The minimum atomic E-state index is -0.200. The second-order valence-corrected chi connectivity index (χ2v) is 5.97. The number of rotatable bonds is 4. The van der Waals surface area contributed by atoms with E-state index in [9.17, 15) is 9.59 Å². The van der Waals surface area contributed by atoms with Gasteiger partial charge in [-0.25, -0.2) is 0 Å². The minimum absolute atomic E-state index is 0.0149. The van der Waals surface area contributed by atoms with Crippen LogP contribution in [0.4, 0.5) is 5.69 Å². The van der Waals surface area contributed by atoms with Gasteiger partial charge in [0.15, 0.2) is 0 Å². The maximum Gasteiger partial charge on any atom is 0.308 e. The third kappa shape index (κ3) is 2.98. The summed E-state index contributed by atoms with van der Waals surface area (Å²) in [4.78, 5) is 24.1. The molecule has 0 fully saturated rings. The van der Waals surface area contributed by atoms with Crippen LogP contribution in [0.5, 0.6) is 5.75 Å². The maximum atomic E-state index is 12.3. The van der Waals surface area contributed by atoms with Gasteiger partial charge in [0, 0.05) is 17.8 Å². The third-order valence-corrected chi connectivity index (χ3v) is 4.54. The van der Waals surface area contributed by atoms with Gasteiger partial charge in [0.1, 0.15) is 5.75 Å². The summed E-state index contributed by atoms with van der Waals surface area (Å²) >= 11 is 1.18. The summed E-state index contributed by atoms with van der Waals surface area (Å²) in [7, 11) is 1.58. The lowest BCUT2D eigenvalue weighted by atomic mass is 10.2. The van der Waals surface area contributed by atoms with Crippen molar-refractivity contribution in [3.8, 4) is 5.75 Å². The van der Waals surface area contributed by atoms with E-state index in [1.807, 2.05) is 25.1 Å². The summed E-state index contributed by atoms with van der Waals surface area (Å²) in [6.45, 7) is 2.57. The first-order valence-corrected chi connectivity index (χ1v) is 8.03. The van der Waals surface area contributed by atoms with Gasteiger partial charge in [0.2, 0.25) is 0 Å². The van der Waals surface area contributed by atoms with Crippen LogP contribution in [0.15, 0.2) is 47.3 Å². The summed E-state index contributed by atoms with van der Waals surface area (Å²) in [5.41, 5.74) is 2.11. The van der Waals surface area contributed by atoms with Crippen molar-refractivity contribution in [3.05, 3.63) is 57.7 Å². The van der Waals surface area contributed by atoms with Crippen molar-refractivity contribution in [2.24, 2.45) is 0 Å². The molecule has 0 aliphatic carbocycles. The molecule has 1 aromatic heterocycles. The fourth-order valence-electron chi connectivity index (χ4n) is 2.39. The number of nitrogens with one attached hydrogen (secondary N) is 1. The molecule has 118 valence electrons. The number of aryl methyl sites for hydroxylation is 1. The molecular formula is C17H16N2O3S. The molecule has 23 heavy (non-hydrogen) atoms. The number of fused-ring (bicyclic) bond motifs is 1. The van der Waals surface area contributed by atoms with E-state index in [4.69, 9.17) is 4.74 Å². The topological polar surface area (TPSA) is 60.3 Å². The number of nitrogens with zero attached hydrogens (tertiary/aromatic N) is 1. The number of hydrogen-bond acceptors (Lipinski definition) is 4. The molecule has 0 atom stereocenters. The van der Waals surface area contributed by atoms with Crippen LogP contribution in [0.25, 0.3) is 10.2 Å². The number of anilines is 1. The molecule has 0 bridgehead atoms. The summed E-state index contributed by atoms with van der Waals surface area (Å²) < 4.78 is 7.66. The Morgan fingerprint density at radius 2 is 1.96 bits per heavy atom. The Balaban J connectivity index is 1.85. The van der Waals surface area contributed by atoms with Gasteiger partial charge in [-0.2, -0.15) is 0 Å². The fourth-order valence-corrected chi connectivity index (χ4v) is 3.38. The summed E-state index contributed by atoms with van der Waals surface area (Å²) in [5.74, 6) is 0.503. The Bertz CT molecular complexity index is 910.